The van der Waals surface area contributed by atoms with E-state index in [-0.39, 0.29) is 64.4 Å². The van der Waals surface area contributed by atoms with E-state index in [1.165, 1.54) is 47.4 Å². The number of hydrogen-bond donors (Lipinski definition) is 10. The van der Waals surface area contributed by atoms with Crippen molar-refractivity contribution in [3.63, 3.8) is 0 Å². The number of likely N-dealkylation sites (N-methyl/N-ethyl adjacent to an activating group) is 1. The van der Waals surface area contributed by atoms with Gasteiger partial charge in [0, 0.05) is 85.5 Å². The summed E-state index contributed by atoms with van der Waals surface area (Å²) in [7, 11) is -8.96. The lowest BCUT2D eigenvalue weighted by Gasteiger charge is -2.35. The number of anilines is 2. The van der Waals surface area contributed by atoms with Crippen molar-refractivity contribution in [3.05, 3.63) is 112 Å². The molecule has 3 aliphatic rings. The summed E-state index contributed by atoms with van der Waals surface area (Å²) < 4.78 is 70.2. The Kier molecular flexibility index (Phi) is 25.8. The van der Waals surface area contributed by atoms with Gasteiger partial charge in [-0.05, 0) is 112 Å². The Hall–Kier alpha value is -8.31. The van der Waals surface area contributed by atoms with Crippen LogP contribution in [-0.4, -0.2) is 163 Å². The first-order valence-electron chi connectivity index (χ1n) is 31.5. The minimum absolute atomic E-state index is 0.0120. The van der Waals surface area contributed by atoms with E-state index in [4.69, 9.17) is 11.6 Å². The van der Waals surface area contributed by atoms with Gasteiger partial charge in [-0.15, -0.1) is 0 Å². The van der Waals surface area contributed by atoms with Gasteiger partial charge in [-0.2, -0.15) is 21.4 Å². The standard InChI is InChI=1S/C66H87ClN10O16S2/c1-10-12-14-23-54(78)68-31-32-69-56(80)39-71-61(85)48(38-58(82)83)73-62(86)51-20-19-34-77(51)63(87)59(64(3,4)5)74-60(84)41-25-28-47(46(67)35-41)72-57(81)40-70-55(79)24-17-18-33-76-50-30-27-43(95(91,92)93)37-45(50)66(8,9)53(76)22-16-13-15-21-52-65(6,7)44-36-42(94(88,89)90)26-29-49(44)75(52)11-2/h13,15-16,21-22,25-30,35-37,48,51,59H,10-12,14,17-20,23-24,31-34,38-40H2,1-9H3,(H9-,68,69,70,71,72,73,74,78,79,80,81,82,83,84,85,86,88,89,90,91,92,93)/p+1/t48-,51-,59+/m0/s1. The Balaban J connectivity index is 1.01. The first kappa shape index (κ1) is 75.7. The van der Waals surface area contributed by atoms with Crippen LogP contribution in [0.25, 0.3) is 0 Å². The Morgan fingerprint density at radius 3 is 1.97 bits per heavy atom. The van der Waals surface area contributed by atoms with E-state index in [9.17, 15) is 74.2 Å². The maximum atomic E-state index is 14.3. The molecule has 8 amide bonds. The summed E-state index contributed by atoms with van der Waals surface area (Å²) in [6, 6.07) is 8.98. The molecule has 3 aromatic carbocycles. The summed E-state index contributed by atoms with van der Waals surface area (Å²) in [5.41, 5.74) is 2.48. The maximum Gasteiger partial charge on any atom is 0.305 e. The predicted molar refractivity (Wildman–Crippen MR) is 357 cm³/mol. The van der Waals surface area contributed by atoms with Gasteiger partial charge in [0.2, 0.25) is 47.0 Å². The fourth-order valence-corrected chi connectivity index (χ4v) is 13.0. The van der Waals surface area contributed by atoms with Crippen molar-refractivity contribution < 1.29 is 78.8 Å². The molecular weight excluding hydrogens is 1290 g/mol. The number of amides is 8. The second-order valence-electron chi connectivity index (χ2n) is 25.6. The topological polar surface area (TPSA) is 376 Å². The smallest absolute Gasteiger partial charge is 0.305 e. The van der Waals surface area contributed by atoms with Gasteiger partial charge in [0.1, 0.15) is 24.7 Å². The van der Waals surface area contributed by atoms with E-state index >= 15 is 0 Å². The Bertz CT molecular complexity index is 3820. The summed E-state index contributed by atoms with van der Waals surface area (Å²) in [4.78, 5) is 120. The van der Waals surface area contributed by atoms with Crippen LogP contribution in [0, 0.1) is 5.41 Å². The first-order chi connectivity index (χ1) is 44.5. The quantitative estimate of drug-likeness (QED) is 0.0153. The lowest BCUT2D eigenvalue weighted by Crippen LogP contribution is -2.59. The van der Waals surface area contributed by atoms with Crippen LogP contribution in [0.4, 0.5) is 17.1 Å². The van der Waals surface area contributed by atoms with E-state index in [0.717, 1.165) is 41.9 Å². The zero-order valence-electron chi connectivity index (χ0n) is 55.0. The summed E-state index contributed by atoms with van der Waals surface area (Å²) in [6.07, 6.45) is 13.0. The summed E-state index contributed by atoms with van der Waals surface area (Å²) in [5, 5.41) is 27.5. The Morgan fingerprint density at radius 2 is 1.35 bits per heavy atom. The van der Waals surface area contributed by atoms with Gasteiger partial charge < -0.3 is 52.1 Å². The molecule has 3 aromatic rings. The molecule has 516 valence electrons. The van der Waals surface area contributed by atoms with Crippen LogP contribution in [-0.2, 0) is 69.4 Å². The molecule has 0 aliphatic carbocycles. The molecule has 0 radical (unpaired) electrons. The summed E-state index contributed by atoms with van der Waals surface area (Å²) >= 11 is 6.57. The van der Waals surface area contributed by atoms with Crippen molar-refractivity contribution >= 4 is 108 Å². The molecule has 0 bridgehead atoms. The number of allylic oxidation sites excluding steroid dienone is 6. The van der Waals surface area contributed by atoms with Gasteiger partial charge in [-0.1, -0.05) is 84.2 Å². The normalized spacial score (nSPS) is 16.9. The molecule has 6 rings (SSSR count). The number of hydrogen-bond acceptors (Lipinski definition) is 14. The van der Waals surface area contributed by atoms with E-state index in [2.05, 4.69) is 42.1 Å². The van der Waals surface area contributed by atoms with Crippen LogP contribution >= 0.6 is 11.6 Å². The molecule has 0 spiro atoms. The zero-order chi connectivity index (χ0) is 70.4. The van der Waals surface area contributed by atoms with Gasteiger partial charge in [0.15, 0.2) is 5.71 Å². The number of benzene rings is 3. The average molecular weight is 1380 g/mol. The van der Waals surface area contributed by atoms with E-state index in [0.29, 0.717) is 50.0 Å². The van der Waals surface area contributed by atoms with Gasteiger partial charge >= 0.3 is 5.97 Å². The highest BCUT2D eigenvalue weighted by atomic mass is 35.5. The number of nitrogens with zero attached hydrogens (tertiary/aromatic N) is 3. The lowest BCUT2D eigenvalue weighted by atomic mass is 9.81. The lowest BCUT2D eigenvalue weighted by molar-refractivity contribution is -0.438. The van der Waals surface area contributed by atoms with Crippen LogP contribution in [0.1, 0.15) is 148 Å². The number of carboxylic acid groups (broad SMARTS) is 1. The number of aliphatic carboxylic acids is 1. The largest absolute Gasteiger partial charge is 0.481 e. The molecule has 0 unspecified atom stereocenters. The zero-order valence-corrected chi connectivity index (χ0v) is 57.4. The molecule has 0 aromatic heterocycles. The Labute approximate surface area is 559 Å². The van der Waals surface area contributed by atoms with Gasteiger partial charge in [0.25, 0.3) is 26.1 Å². The van der Waals surface area contributed by atoms with Crippen molar-refractivity contribution in [1.29, 1.82) is 0 Å². The SMILES string of the molecule is CCCCCC(=O)NCCNC(=O)CNC(=O)[C@H](CC(=O)O)NC(=O)[C@@H]1CCCN1C(=O)[C@@H](NC(=O)c1ccc(NC(=O)CNC(=O)CCCC[N+]2=C(C=CC=CC=C3N(CC)c4ccc(S(=O)(=O)O)cc4C3(C)C)C(C)(C)c3cc(S(=O)(=O)O)ccc32)c(Cl)c1)C(C)(C)C. The van der Waals surface area contributed by atoms with Crippen molar-refractivity contribution in [2.75, 3.05) is 56.0 Å². The second kappa shape index (κ2) is 32.4. The highest BCUT2D eigenvalue weighted by Gasteiger charge is 2.46. The molecule has 26 nitrogen and oxygen atoms in total. The molecule has 95 heavy (non-hydrogen) atoms. The van der Waals surface area contributed by atoms with Crippen LogP contribution in [0.3, 0.4) is 0 Å². The van der Waals surface area contributed by atoms with Crippen molar-refractivity contribution in [1.82, 2.24) is 36.8 Å². The third-order valence-electron chi connectivity index (χ3n) is 16.8. The molecule has 1 fully saturated rings. The van der Waals surface area contributed by atoms with Crippen molar-refractivity contribution in [2.45, 2.75) is 165 Å². The summed E-state index contributed by atoms with van der Waals surface area (Å²) in [5.74, 6) is -6.38. The Morgan fingerprint density at radius 1 is 0.726 bits per heavy atom. The number of halogens is 1. The summed E-state index contributed by atoms with van der Waals surface area (Å²) in [6.45, 7) is 17.3. The van der Waals surface area contributed by atoms with Crippen molar-refractivity contribution in [2.24, 2.45) is 5.41 Å². The van der Waals surface area contributed by atoms with E-state index in [1.54, 1.807) is 32.9 Å². The molecule has 1 saturated heterocycles. The fraction of sp³-hybridized carbons (Fsp3) is 0.485. The van der Waals surface area contributed by atoms with Gasteiger partial charge in [-0.3, -0.25) is 52.3 Å². The highest BCUT2D eigenvalue weighted by Crippen LogP contribution is 2.48. The second-order valence-corrected chi connectivity index (χ2v) is 28.9. The van der Waals surface area contributed by atoms with Gasteiger partial charge in [0.05, 0.1) is 45.4 Å². The van der Waals surface area contributed by atoms with Crippen molar-refractivity contribution in [3.8, 4) is 0 Å². The third kappa shape index (κ3) is 19.9. The molecule has 29 heteroatoms. The minimum Gasteiger partial charge on any atom is -0.481 e. The highest BCUT2D eigenvalue weighted by molar-refractivity contribution is 7.86. The number of fused-ring (bicyclic) bond motifs is 2. The first-order valence-corrected chi connectivity index (χ1v) is 34.8. The monoisotopic (exact) mass is 1380 g/mol. The third-order valence-corrected chi connectivity index (χ3v) is 18.8. The van der Waals surface area contributed by atoms with Crippen LogP contribution < -0.4 is 42.1 Å². The number of carbonyl (C=O) groups excluding carboxylic acids is 8. The van der Waals surface area contributed by atoms with Crippen LogP contribution in [0.15, 0.2) is 100 Å². The molecular formula is C66H88ClN10O16S2+. The fourth-order valence-electron chi connectivity index (χ4n) is 11.7. The predicted octanol–water partition coefficient (Wildman–Crippen LogP) is 5.97. The number of carboxylic acids is 1. The van der Waals surface area contributed by atoms with Gasteiger partial charge in [-0.25, -0.2) is 0 Å². The molecule has 3 aliphatic heterocycles. The average Bonchev–Trinajstić information content (AvgIpc) is 1.60. The van der Waals surface area contributed by atoms with Crippen LogP contribution in [0.2, 0.25) is 5.02 Å². The number of carbonyl (C=O) groups is 9. The molecule has 10 N–H and O–H groups in total. The maximum absolute atomic E-state index is 14.3. The number of rotatable bonds is 31. The number of nitrogens with one attached hydrogen (secondary N) is 7. The molecule has 3 heterocycles. The minimum atomic E-state index is -4.53. The number of likely N-dealkylation sites (tertiary alicyclic amines) is 1. The van der Waals surface area contributed by atoms with E-state index < -0.39 is 121 Å². The molecule has 3 atom stereocenters. The number of unbranched alkanes of at least 4 members (excludes halogenated alkanes) is 3. The molecule has 0 saturated carbocycles. The van der Waals surface area contributed by atoms with E-state index in [1.807, 2.05) is 76.5 Å². The van der Waals surface area contributed by atoms with Crippen LogP contribution in [0.5, 0.6) is 0 Å².